The van der Waals surface area contributed by atoms with Crippen LogP contribution in [0.3, 0.4) is 0 Å². The summed E-state index contributed by atoms with van der Waals surface area (Å²) in [5.41, 5.74) is 8.86. The van der Waals surface area contributed by atoms with Gasteiger partial charge in [0.2, 0.25) is 0 Å². The normalized spacial score (nSPS) is 11.3. The minimum absolute atomic E-state index is 0.502. The first-order valence-electron chi connectivity index (χ1n) is 5.77. The van der Waals surface area contributed by atoms with Crippen LogP contribution in [0.2, 0.25) is 0 Å². The molecule has 5 heteroatoms. The average Bonchev–Trinajstić information content (AvgIpc) is 2.97. The van der Waals surface area contributed by atoms with E-state index >= 15 is 0 Å². The second-order valence-corrected chi connectivity index (χ2v) is 5.21. The maximum atomic E-state index is 5.82. The zero-order chi connectivity index (χ0) is 12.7. The van der Waals surface area contributed by atoms with Gasteiger partial charge in [0.25, 0.3) is 0 Å². The Kier molecular flexibility index (Phi) is 2.65. The summed E-state index contributed by atoms with van der Waals surface area (Å²) in [5.74, 6) is 0.788. The summed E-state index contributed by atoms with van der Waals surface area (Å²) in [7, 11) is 1.99. The van der Waals surface area contributed by atoms with Crippen LogP contribution in [0, 0.1) is 6.92 Å². The molecule has 0 radical (unpaired) electrons. The summed E-state index contributed by atoms with van der Waals surface area (Å²) in [6, 6.07) is 4.12. The predicted octanol–water partition coefficient (Wildman–Crippen LogP) is 2.46. The Balaban J connectivity index is 2.43. The van der Waals surface area contributed by atoms with E-state index in [9.17, 15) is 0 Å². The maximum absolute atomic E-state index is 5.82. The summed E-state index contributed by atoms with van der Waals surface area (Å²) in [6.07, 6.45) is 2.04. The van der Waals surface area contributed by atoms with E-state index in [0.717, 1.165) is 33.0 Å². The third kappa shape index (κ3) is 1.63. The van der Waals surface area contributed by atoms with Crippen LogP contribution in [0.25, 0.3) is 21.6 Å². The Morgan fingerprint density at radius 3 is 2.89 bits per heavy atom. The van der Waals surface area contributed by atoms with Crippen LogP contribution >= 0.6 is 11.3 Å². The molecule has 4 nitrogen and oxygen atoms in total. The Labute approximate surface area is 109 Å². The topological polar surface area (TPSA) is 56.7 Å². The molecule has 0 amide bonds. The van der Waals surface area contributed by atoms with Gasteiger partial charge in [0.15, 0.2) is 0 Å². The lowest BCUT2D eigenvalue weighted by molar-refractivity contribution is 0.922. The molecule has 0 spiro atoms. The van der Waals surface area contributed by atoms with Crippen molar-refractivity contribution in [3.05, 3.63) is 35.1 Å². The van der Waals surface area contributed by atoms with E-state index in [4.69, 9.17) is 5.73 Å². The number of aromatic nitrogens is 3. The second kappa shape index (κ2) is 4.19. The number of fused-ring (bicyclic) bond motifs is 1. The average molecular weight is 258 g/mol. The zero-order valence-electron chi connectivity index (χ0n) is 10.3. The summed E-state index contributed by atoms with van der Waals surface area (Å²) in [5, 5.41) is 3.14. The molecule has 0 saturated heterocycles. The van der Waals surface area contributed by atoms with Crippen molar-refractivity contribution in [1.29, 1.82) is 0 Å². The van der Waals surface area contributed by atoms with Crippen LogP contribution in [-0.2, 0) is 13.6 Å². The SMILES string of the molecule is Cc1nc(-c2cccs2)c2c(CN)cn(C)c2n1. The molecule has 0 aromatic carbocycles. The van der Waals surface area contributed by atoms with Crippen molar-refractivity contribution in [3.63, 3.8) is 0 Å². The molecule has 2 N–H and O–H groups in total. The van der Waals surface area contributed by atoms with Crippen LogP contribution in [0.1, 0.15) is 11.4 Å². The van der Waals surface area contributed by atoms with Gasteiger partial charge >= 0.3 is 0 Å². The first-order valence-corrected chi connectivity index (χ1v) is 6.65. The molecular formula is C13H14N4S. The van der Waals surface area contributed by atoms with E-state index in [1.807, 2.05) is 30.8 Å². The van der Waals surface area contributed by atoms with Crippen molar-refractivity contribution < 1.29 is 0 Å². The third-order valence-corrected chi connectivity index (χ3v) is 3.86. The van der Waals surface area contributed by atoms with Crippen LogP contribution in [0.5, 0.6) is 0 Å². The third-order valence-electron chi connectivity index (χ3n) is 2.98. The molecular weight excluding hydrogens is 244 g/mol. The number of nitrogens with zero attached hydrogens (tertiary/aromatic N) is 3. The molecule has 3 heterocycles. The monoisotopic (exact) mass is 258 g/mol. The lowest BCUT2D eigenvalue weighted by Gasteiger charge is -2.04. The highest BCUT2D eigenvalue weighted by Crippen LogP contribution is 2.32. The van der Waals surface area contributed by atoms with E-state index in [1.165, 1.54) is 0 Å². The van der Waals surface area contributed by atoms with E-state index in [0.29, 0.717) is 6.54 Å². The maximum Gasteiger partial charge on any atom is 0.144 e. The van der Waals surface area contributed by atoms with Gasteiger partial charge in [-0.25, -0.2) is 9.97 Å². The highest BCUT2D eigenvalue weighted by atomic mass is 32.1. The molecule has 0 aliphatic heterocycles. The van der Waals surface area contributed by atoms with Crippen LogP contribution in [-0.4, -0.2) is 14.5 Å². The molecule has 0 unspecified atom stereocenters. The van der Waals surface area contributed by atoms with Gasteiger partial charge in [-0.15, -0.1) is 11.3 Å². The minimum atomic E-state index is 0.502. The summed E-state index contributed by atoms with van der Waals surface area (Å²) < 4.78 is 2.02. The number of aryl methyl sites for hydroxylation is 2. The molecule has 0 atom stereocenters. The number of rotatable bonds is 2. The molecule has 3 aromatic heterocycles. The standard InChI is InChI=1S/C13H14N4S/c1-8-15-12(10-4-3-5-18-10)11-9(6-14)7-17(2)13(11)16-8/h3-5,7H,6,14H2,1-2H3. The van der Waals surface area contributed by atoms with Crippen molar-refractivity contribution in [2.75, 3.05) is 0 Å². The molecule has 18 heavy (non-hydrogen) atoms. The Morgan fingerprint density at radius 2 is 2.22 bits per heavy atom. The number of hydrogen-bond acceptors (Lipinski definition) is 4. The minimum Gasteiger partial charge on any atom is -0.335 e. The van der Waals surface area contributed by atoms with E-state index in [-0.39, 0.29) is 0 Å². The van der Waals surface area contributed by atoms with Gasteiger partial charge in [0.1, 0.15) is 11.5 Å². The fourth-order valence-corrected chi connectivity index (χ4v) is 2.93. The molecule has 92 valence electrons. The van der Waals surface area contributed by atoms with E-state index in [2.05, 4.69) is 21.4 Å². The quantitative estimate of drug-likeness (QED) is 0.768. The Hall–Kier alpha value is -1.72. The summed E-state index contributed by atoms with van der Waals surface area (Å²) in [6.45, 7) is 2.42. The molecule has 3 aromatic rings. The first-order chi connectivity index (χ1) is 8.70. The molecule has 0 fully saturated rings. The number of nitrogens with two attached hydrogens (primary N) is 1. The van der Waals surface area contributed by atoms with Crippen molar-refractivity contribution >= 4 is 22.4 Å². The fraction of sp³-hybridized carbons (Fsp3) is 0.231. The van der Waals surface area contributed by atoms with E-state index in [1.54, 1.807) is 11.3 Å². The highest BCUT2D eigenvalue weighted by Gasteiger charge is 2.15. The van der Waals surface area contributed by atoms with Crippen molar-refractivity contribution in [3.8, 4) is 10.6 Å². The predicted molar refractivity (Wildman–Crippen MR) is 74.5 cm³/mol. The van der Waals surface area contributed by atoms with Crippen LogP contribution in [0.15, 0.2) is 23.7 Å². The smallest absolute Gasteiger partial charge is 0.144 e. The highest BCUT2D eigenvalue weighted by molar-refractivity contribution is 7.13. The van der Waals surface area contributed by atoms with Gasteiger partial charge in [0, 0.05) is 19.8 Å². The lowest BCUT2D eigenvalue weighted by atomic mass is 10.1. The van der Waals surface area contributed by atoms with Crippen LogP contribution < -0.4 is 5.73 Å². The van der Waals surface area contributed by atoms with Gasteiger partial charge in [-0.2, -0.15) is 0 Å². The van der Waals surface area contributed by atoms with Crippen molar-refractivity contribution in [1.82, 2.24) is 14.5 Å². The molecule has 0 aliphatic carbocycles. The van der Waals surface area contributed by atoms with Gasteiger partial charge in [-0.1, -0.05) is 6.07 Å². The Bertz CT molecular complexity index is 697. The van der Waals surface area contributed by atoms with Gasteiger partial charge in [0.05, 0.1) is 16.0 Å². The molecule has 0 aliphatic rings. The fourth-order valence-electron chi connectivity index (χ4n) is 2.21. The largest absolute Gasteiger partial charge is 0.335 e. The zero-order valence-corrected chi connectivity index (χ0v) is 11.2. The van der Waals surface area contributed by atoms with Gasteiger partial charge in [-0.05, 0) is 23.9 Å². The molecule has 0 saturated carbocycles. The molecule has 3 rings (SSSR count). The number of hydrogen-bond donors (Lipinski definition) is 1. The van der Waals surface area contributed by atoms with Gasteiger partial charge in [-0.3, -0.25) is 0 Å². The van der Waals surface area contributed by atoms with Crippen molar-refractivity contribution in [2.45, 2.75) is 13.5 Å². The number of thiophene rings is 1. The molecule has 0 bridgehead atoms. The van der Waals surface area contributed by atoms with Crippen molar-refractivity contribution in [2.24, 2.45) is 12.8 Å². The summed E-state index contributed by atoms with van der Waals surface area (Å²) >= 11 is 1.69. The second-order valence-electron chi connectivity index (χ2n) is 4.26. The lowest BCUT2D eigenvalue weighted by Crippen LogP contribution is -1.98. The van der Waals surface area contributed by atoms with Gasteiger partial charge < -0.3 is 10.3 Å². The van der Waals surface area contributed by atoms with Crippen LogP contribution in [0.4, 0.5) is 0 Å². The van der Waals surface area contributed by atoms with E-state index < -0.39 is 0 Å². The summed E-state index contributed by atoms with van der Waals surface area (Å²) in [4.78, 5) is 10.3. The Morgan fingerprint density at radius 1 is 1.39 bits per heavy atom. The first kappa shape index (κ1) is 11.4.